The van der Waals surface area contributed by atoms with Crippen LogP contribution in [0.1, 0.15) is 44.6 Å². The molecule has 1 aromatic rings. The van der Waals surface area contributed by atoms with Crippen molar-refractivity contribution in [2.24, 2.45) is 5.92 Å². The van der Waals surface area contributed by atoms with Gasteiger partial charge in [-0.2, -0.15) is 0 Å². The first-order valence-electron chi connectivity index (χ1n) is 12.4. The number of nitrogens with zero attached hydrogens (tertiary/aromatic N) is 1. The summed E-state index contributed by atoms with van der Waals surface area (Å²) >= 11 is 2.94. The van der Waals surface area contributed by atoms with Crippen molar-refractivity contribution in [1.82, 2.24) is 14.9 Å². The second-order valence-corrected chi connectivity index (χ2v) is 11.2. The van der Waals surface area contributed by atoms with E-state index in [1.807, 2.05) is 12.1 Å². The second-order valence-electron chi connectivity index (χ2n) is 9.15. The first-order chi connectivity index (χ1) is 17.4. The fraction of sp³-hybridized carbons (Fsp3) is 0.577. The Bertz CT molecular complexity index is 892. The van der Waals surface area contributed by atoms with Gasteiger partial charge in [0, 0.05) is 11.0 Å². The van der Waals surface area contributed by atoms with E-state index in [4.69, 9.17) is 9.47 Å². The molecule has 1 heterocycles. The average molecular weight is 536 g/mol. The van der Waals surface area contributed by atoms with Crippen molar-refractivity contribution in [1.29, 1.82) is 0 Å². The summed E-state index contributed by atoms with van der Waals surface area (Å²) < 4.78 is 13.3. The van der Waals surface area contributed by atoms with Gasteiger partial charge in [-0.05, 0) is 61.7 Å². The Morgan fingerprint density at radius 1 is 1.22 bits per heavy atom. The summed E-state index contributed by atoms with van der Waals surface area (Å²) in [6.07, 6.45) is 7.80. The standard InChI is InChI=1S/C26H37N3O5S2/c1-4-14-34-26(32)29-17-35-16-22(29)25(31)27-18(2)24(30)28-36-23(20-8-6-5-7-9-20)15-19-10-12-21(33-3)13-11-19/h4,10-13,18,20,22-23H,1,5-9,14-17H2,2-3H3,(H,27,31)(H,28,30)/t18-,22+,23?/m1/s1. The van der Waals surface area contributed by atoms with Gasteiger partial charge < -0.3 is 14.8 Å². The van der Waals surface area contributed by atoms with Crippen molar-refractivity contribution in [2.45, 2.75) is 62.8 Å². The fourth-order valence-corrected chi connectivity index (χ4v) is 6.78. The van der Waals surface area contributed by atoms with E-state index in [1.54, 1.807) is 14.0 Å². The van der Waals surface area contributed by atoms with Crippen LogP contribution in [0.15, 0.2) is 36.9 Å². The Morgan fingerprint density at radius 2 is 1.94 bits per heavy atom. The number of rotatable bonds is 11. The predicted octanol–water partition coefficient (Wildman–Crippen LogP) is 4.15. The first-order valence-corrected chi connectivity index (χ1v) is 14.5. The van der Waals surface area contributed by atoms with Gasteiger partial charge in [0.2, 0.25) is 5.91 Å². The molecule has 0 bridgehead atoms. The lowest BCUT2D eigenvalue weighted by Gasteiger charge is -2.30. The lowest BCUT2D eigenvalue weighted by molar-refractivity contribution is -0.129. The van der Waals surface area contributed by atoms with Gasteiger partial charge in [0.05, 0.1) is 13.0 Å². The molecule has 3 rings (SSSR count). The van der Waals surface area contributed by atoms with Crippen molar-refractivity contribution in [3.63, 3.8) is 0 Å². The van der Waals surface area contributed by atoms with Crippen molar-refractivity contribution in [3.8, 4) is 5.75 Å². The van der Waals surface area contributed by atoms with E-state index in [-0.39, 0.29) is 23.7 Å². The molecular weight excluding hydrogens is 498 g/mol. The van der Waals surface area contributed by atoms with E-state index in [0.29, 0.717) is 17.5 Å². The van der Waals surface area contributed by atoms with Crippen LogP contribution in [-0.4, -0.2) is 65.5 Å². The normalized spacial score (nSPS) is 19.7. The second kappa shape index (κ2) is 14.4. The van der Waals surface area contributed by atoms with Crippen molar-refractivity contribution >= 4 is 41.6 Å². The Morgan fingerprint density at radius 3 is 2.61 bits per heavy atom. The summed E-state index contributed by atoms with van der Waals surface area (Å²) in [4.78, 5) is 39.3. The maximum atomic E-state index is 12.9. The largest absolute Gasteiger partial charge is 0.497 e. The Hall–Kier alpha value is -2.33. The molecule has 10 heteroatoms. The van der Waals surface area contributed by atoms with Gasteiger partial charge in [0.25, 0.3) is 5.91 Å². The van der Waals surface area contributed by atoms with Gasteiger partial charge in [-0.15, -0.1) is 11.8 Å². The van der Waals surface area contributed by atoms with E-state index in [1.165, 1.54) is 59.5 Å². The summed E-state index contributed by atoms with van der Waals surface area (Å²) in [5, 5.41) is 3.01. The van der Waals surface area contributed by atoms with Gasteiger partial charge in [-0.25, -0.2) is 4.79 Å². The number of thioether (sulfide) groups is 1. The third kappa shape index (κ3) is 8.09. The number of hydrogen-bond donors (Lipinski definition) is 2. The average Bonchev–Trinajstić information content (AvgIpc) is 3.40. The number of ether oxygens (including phenoxy) is 2. The van der Waals surface area contributed by atoms with Gasteiger partial charge in [-0.1, -0.05) is 44.1 Å². The van der Waals surface area contributed by atoms with Gasteiger partial charge in [-0.3, -0.25) is 19.2 Å². The maximum Gasteiger partial charge on any atom is 0.411 e. The lowest BCUT2D eigenvalue weighted by Crippen LogP contribution is -2.52. The molecule has 1 unspecified atom stereocenters. The molecule has 3 atom stereocenters. The molecule has 2 aliphatic rings. The van der Waals surface area contributed by atoms with Gasteiger partial charge in [0.15, 0.2) is 0 Å². The number of hydrogen-bond acceptors (Lipinski definition) is 7. The molecule has 36 heavy (non-hydrogen) atoms. The number of methoxy groups -OCH3 is 1. The zero-order chi connectivity index (χ0) is 25.9. The van der Waals surface area contributed by atoms with Crippen molar-refractivity contribution in [2.75, 3.05) is 25.3 Å². The minimum atomic E-state index is -0.727. The van der Waals surface area contributed by atoms with E-state index in [0.717, 1.165) is 25.0 Å². The monoisotopic (exact) mass is 535 g/mol. The first kappa shape index (κ1) is 28.2. The van der Waals surface area contributed by atoms with Crippen molar-refractivity contribution in [3.05, 3.63) is 42.5 Å². The summed E-state index contributed by atoms with van der Waals surface area (Å²) in [6.45, 7) is 5.28. The lowest BCUT2D eigenvalue weighted by atomic mass is 9.85. The Labute approximate surface area is 222 Å². The zero-order valence-corrected chi connectivity index (χ0v) is 22.7. The van der Waals surface area contributed by atoms with E-state index < -0.39 is 18.2 Å². The summed E-state index contributed by atoms with van der Waals surface area (Å²) in [5.74, 6) is 1.58. The van der Waals surface area contributed by atoms with Crippen LogP contribution in [0.2, 0.25) is 0 Å². The smallest absolute Gasteiger partial charge is 0.411 e. The van der Waals surface area contributed by atoms with Crippen LogP contribution in [0.3, 0.4) is 0 Å². The number of carbonyl (C=O) groups is 3. The highest BCUT2D eigenvalue weighted by Crippen LogP contribution is 2.34. The summed E-state index contributed by atoms with van der Waals surface area (Å²) in [5.41, 5.74) is 1.21. The van der Waals surface area contributed by atoms with Gasteiger partial charge in [0.1, 0.15) is 24.4 Å². The molecule has 2 fully saturated rings. The third-order valence-corrected chi connectivity index (χ3v) is 8.76. The van der Waals surface area contributed by atoms with Crippen LogP contribution >= 0.6 is 23.7 Å². The van der Waals surface area contributed by atoms with Gasteiger partial charge >= 0.3 is 6.09 Å². The number of benzene rings is 1. The molecule has 0 spiro atoms. The Kier molecular flexibility index (Phi) is 11.3. The van der Waals surface area contributed by atoms with Crippen LogP contribution in [0.5, 0.6) is 5.75 Å². The van der Waals surface area contributed by atoms with Crippen molar-refractivity contribution < 1.29 is 23.9 Å². The zero-order valence-electron chi connectivity index (χ0n) is 21.1. The van der Waals surface area contributed by atoms with E-state index >= 15 is 0 Å². The SMILES string of the molecule is C=CCOC(=O)N1CSC[C@H]1C(=O)N[C@H](C)C(=O)NSC(Cc1ccc(OC)cc1)C1CCCCC1. The molecule has 1 aliphatic heterocycles. The third-order valence-electron chi connectivity index (χ3n) is 6.58. The molecule has 2 N–H and O–H groups in total. The highest BCUT2D eigenvalue weighted by atomic mass is 32.2. The minimum absolute atomic E-state index is 0.0864. The number of amides is 3. The quantitative estimate of drug-likeness (QED) is 0.325. The molecule has 0 radical (unpaired) electrons. The summed E-state index contributed by atoms with van der Waals surface area (Å²) in [6, 6.07) is 6.68. The van der Waals surface area contributed by atoms with E-state index in [2.05, 4.69) is 28.8 Å². The fourth-order valence-electron chi connectivity index (χ4n) is 4.45. The molecular formula is C26H37N3O5S2. The van der Waals surface area contributed by atoms with Crippen LogP contribution < -0.4 is 14.8 Å². The predicted molar refractivity (Wildman–Crippen MR) is 145 cm³/mol. The molecule has 8 nitrogen and oxygen atoms in total. The van der Waals surface area contributed by atoms with Crippen LogP contribution in [0.25, 0.3) is 0 Å². The van der Waals surface area contributed by atoms with Crippen LogP contribution in [0.4, 0.5) is 4.79 Å². The molecule has 1 aliphatic carbocycles. The highest BCUT2D eigenvalue weighted by Gasteiger charge is 2.36. The minimum Gasteiger partial charge on any atom is -0.497 e. The number of nitrogens with one attached hydrogen (secondary N) is 2. The Balaban J connectivity index is 1.54. The molecule has 1 saturated heterocycles. The molecule has 1 saturated carbocycles. The van der Waals surface area contributed by atoms with Crippen LogP contribution in [0, 0.1) is 5.92 Å². The highest BCUT2D eigenvalue weighted by molar-refractivity contribution is 7.99. The van der Waals surface area contributed by atoms with Crippen LogP contribution in [-0.2, 0) is 20.7 Å². The molecule has 0 aromatic heterocycles. The molecule has 3 amide bonds. The maximum absolute atomic E-state index is 12.9. The summed E-state index contributed by atoms with van der Waals surface area (Å²) in [7, 11) is 1.66. The number of carbonyl (C=O) groups excluding carboxylic acids is 3. The molecule has 198 valence electrons. The molecule has 1 aromatic carbocycles. The topological polar surface area (TPSA) is 97.0 Å². The van der Waals surface area contributed by atoms with E-state index in [9.17, 15) is 14.4 Å².